The van der Waals surface area contributed by atoms with Crippen LogP contribution in [0.15, 0.2) is 18.2 Å². The van der Waals surface area contributed by atoms with Gasteiger partial charge in [0.25, 0.3) is 0 Å². The van der Waals surface area contributed by atoms with Gasteiger partial charge in [-0.2, -0.15) is 0 Å². The largest absolute Gasteiger partial charge is 0.377 e. The molecule has 2 rings (SSSR count). The van der Waals surface area contributed by atoms with Gasteiger partial charge in [0.15, 0.2) is 0 Å². The molecule has 0 bridgehead atoms. The summed E-state index contributed by atoms with van der Waals surface area (Å²) >= 11 is 11.7. The Balaban J connectivity index is 1.96. The first-order chi connectivity index (χ1) is 8.96. The van der Waals surface area contributed by atoms with Gasteiger partial charge in [-0.15, -0.1) is 0 Å². The second-order valence-corrected chi connectivity index (χ2v) is 7.13. The van der Waals surface area contributed by atoms with Gasteiger partial charge in [0, 0.05) is 23.2 Å². The molecule has 0 spiro atoms. The summed E-state index contributed by atoms with van der Waals surface area (Å²) in [4.78, 5) is 0. The zero-order valence-corrected chi connectivity index (χ0v) is 12.6. The molecular formula is C12H15Cl2NO3S. The molecule has 1 fully saturated rings. The topological polar surface area (TPSA) is 55.4 Å². The molecule has 0 aromatic heterocycles. The molecule has 1 N–H and O–H groups in total. The van der Waals surface area contributed by atoms with Crippen molar-refractivity contribution >= 4 is 33.2 Å². The number of hydrogen-bond donors (Lipinski definition) is 1. The van der Waals surface area contributed by atoms with E-state index in [9.17, 15) is 8.42 Å². The molecule has 0 radical (unpaired) electrons. The van der Waals surface area contributed by atoms with Gasteiger partial charge in [-0.25, -0.2) is 13.1 Å². The van der Waals surface area contributed by atoms with E-state index in [0.717, 1.165) is 12.8 Å². The molecule has 1 atom stereocenters. The maximum atomic E-state index is 11.9. The van der Waals surface area contributed by atoms with Crippen LogP contribution in [0, 0.1) is 0 Å². The average molecular weight is 324 g/mol. The van der Waals surface area contributed by atoms with Crippen LogP contribution in [0.3, 0.4) is 0 Å². The van der Waals surface area contributed by atoms with Crippen LogP contribution in [0.1, 0.15) is 18.4 Å². The molecule has 19 heavy (non-hydrogen) atoms. The molecular weight excluding hydrogens is 309 g/mol. The van der Waals surface area contributed by atoms with Crippen molar-refractivity contribution in [2.24, 2.45) is 0 Å². The molecule has 1 saturated heterocycles. The minimum Gasteiger partial charge on any atom is -0.377 e. The molecule has 0 unspecified atom stereocenters. The fourth-order valence-electron chi connectivity index (χ4n) is 1.92. The standard InChI is InChI=1S/C12H15Cl2NO3S/c13-10-4-3-9(12(14)6-10)8-19(16,17)15-7-11-2-1-5-18-11/h3-4,6,11,15H,1-2,5,7-8H2/t11-/m0/s1. The van der Waals surface area contributed by atoms with Crippen molar-refractivity contribution in [2.75, 3.05) is 13.2 Å². The van der Waals surface area contributed by atoms with Crippen molar-refractivity contribution < 1.29 is 13.2 Å². The van der Waals surface area contributed by atoms with E-state index >= 15 is 0 Å². The Labute approximate surface area is 123 Å². The molecule has 0 amide bonds. The lowest BCUT2D eigenvalue weighted by atomic mass is 10.2. The Kier molecular flexibility index (Phi) is 5.09. The van der Waals surface area contributed by atoms with Gasteiger partial charge in [0.05, 0.1) is 11.9 Å². The molecule has 0 aliphatic carbocycles. The van der Waals surface area contributed by atoms with Crippen molar-refractivity contribution in [1.82, 2.24) is 4.72 Å². The number of hydrogen-bond acceptors (Lipinski definition) is 3. The zero-order valence-electron chi connectivity index (χ0n) is 10.2. The second kappa shape index (κ2) is 6.41. The highest BCUT2D eigenvalue weighted by Crippen LogP contribution is 2.22. The van der Waals surface area contributed by atoms with Crippen molar-refractivity contribution in [3.8, 4) is 0 Å². The lowest BCUT2D eigenvalue weighted by molar-refractivity contribution is 0.114. The summed E-state index contributed by atoms with van der Waals surface area (Å²) in [6, 6.07) is 4.78. The van der Waals surface area contributed by atoms with Crippen LogP contribution < -0.4 is 4.72 Å². The molecule has 106 valence electrons. The minimum atomic E-state index is -3.41. The Morgan fingerprint density at radius 1 is 1.37 bits per heavy atom. The third kappa shape index (κ3) is 4.61. The molecule has 4 nitrogen and oxygen atoms in total. The highest BCUT2D eigenvalue weighted by atomic mass is 35.5. The van der Waals surface area contributed by atoms with E-state index in [1.807, 2.05) is 0 Å². The van der Waals surface area contributed by atoms with Crippen molar-refractivity contribution in [2.45, 2.75) is 24.7 Å². The Bertz CT molecular complexity index is 542. The zero-order chi connectivity index (χ0) is 13.9. The third-order valence-corrected chi connectivity index (χ3v) is 4.80. The number of benzene rings is 1. The lowest BCUT2D eigenvalue weighted by Gasteiger charge is -2.12. The highest BCUT2D eigenvalue weighted by molar-refractivity contribution is 7.88. The van der Waals surface area contributed by atoms with Crippen LogP contribution in [0.2, 0.25) is 10.0 Å². The smallest absolute Gasteiger partial charge is 0.215 e. The molecule has 1 aromatic carbocycles. The van der Waals surface area contributed by atoms with Gasteiger partial charge in [-0.05, 0) is 30.5 Å². The first-order valence-electron chi connectivity index (χ1n) is 5.99. The van der Waals surface area contributed by atoms with E-state index in [1.54, 1.807) is 12.1 Å². The predicted octanol–water partition coefficient (Wildman–Crippen LogP) is 2.59. The summed E-state index contributed by atoms with van der Waals surface area (Å²) in [7, 11) is -3.41. The highest BCUT2D eigenvalue weighted by Gasteiger charge is 2.19. The van der Waals surface area contributed by atoms with Crippen molar-refractivity contribution in [3.63, 3.8) is 0 Å². The van der Waals surface area contributed by atoms with E-state index in [0.29, 0.717) is 28.8 Å². The number of rotatable bonds is 5. The van der Waals surface area contributed by atoms with E-state index in [4.69, 9.17) is 27.9 Å². The molecule has 1 aromatic rings. The van der Waals surface area contributed by atoms with Gasteiger partial charge in [0.1, 0.15) is 0 Å². The SMILES string of the molecule is O=S(=O)(Cc1ccc(Cl)cc1Cl)NC[C@@H]1CCCO1. The second-order valence-electron chi connectivity index (χ2n) is 4.48. The van der Waals surface area contributed by atoms with Gasteiger partial charge >= 0.3 is 0 Å². The summed E-state index contributed by atoms with van der Waals surface area (Å²) < 4.78 is 31.8. The quantitative estimate of drug-likeness (QED) is 0.906. The Morgan fingerprint density at radius 3 is 2.79 bits per heavy atom. The maximum absolute atomic E-state index is 11.9. The summed E-state index contributed by atoms with van der Waals surface area (Å²) in [6.07, 6.45) is 1.86. The normalized spacial score (nSPS) is 19.8. The van der Waals surface area contributed by atoms with E-state index < -0.39 is 10.0 Å². The third-order valence-electron chi connectivity index (χ3n) is 2.92. The van der Waals surface area contributed by atoms with Crippen LogP contribution in [-0.2, 0) is 20.5 Å². The Hall–Kier alpha value is -0.330. The number of nitrogens with one attached hydrogen (secondary N) is 1. The van der Waals surface area contributed by atoms with Crippen molar-refractivity contribution in [3.05, 3.63) is 33.8 Å². The summed E-state index contributed by atoms with van der Waals surface area (Å²) in [5.41, 5.74) is 0.533. The van der Waals surface area contributed by atoms with Gasteiger partial charge in [-0.3, -0.25) is 0 Å². The summed E-state index contributed by atoms with van der Waals surface area (Å²) in [5.74, 6) is -0.157. The van der Waals surface area contributed by atoms with Gasteiger partial charge in [0.2, 0.25) is 10.0 Å². The maximum Gasteiger partial charge on any atom is 0.215 e. The molecule has 7 heteroatoms. The molecule has 1 aliphatic rings. The van der Waals surface area contributed by atoms with E-state index in [1.165, 1.54) is 6.07 Å². The van der Waals surface area contributed by atoms with E-state index in [-0.39, 0.29) is 11.9 Å². The first-order valence-corrected chi connectivity index (χ1v) is 8.40. The fourth-order valence-corrected chi connectivity index (χ4v) is 3.68. The molecule has 1 aliphatic heterocycles. The van der Waals surface area contributed by atoms with Crippen LogP contribution in [0.25, 0.3) is 0 Å². The van der Waals surface area contributed by atoms with Gasteiger partial charge < -0.3 is 4.74 Å². The predicted molar refractivity (Wildman–Crippen MR) is 76.1 cm³/mol. The number of sulfonamides is 1. The molecule has 1 heterocycles. The summed E-state index contributed by atoms with van der Waals surface area (Å²) in [5, 5.41) is 0.841. The van der Waals surface area contributed by atoms with Crippen LogP contribution in [-0.4, -0.2) is 27.7 Å². The minimum absolute atomic E-state index is 0.0181. The fraction of sp³-hybridized carbons (Fsp3) is 0.500. The first kappa shape index (κ1) is 15.1. The monoisotopic (exact) mass is 323 g/mol. The summed E-state index contributed by atoms with van der Waals surface area (Å²) in [6.45, 7) is 1.02. The van der Waals surface area contributed by atoms with E-state index in [2.05, 4.69) is 4.72 Å². The molecule has 0 saturated carbocycles. The van der Waals surface area contributed by atoms with Crippen LogP contribution >= 0.6 is 23.2 Å². The Morgan fingerprint density at radius 2 is 2.16 bits per heavy atom. The van der Waals surface area contributed by atoms with Crippen LogP contribution in [0.5, 0.6) is 0 Å². The average Bonchev–Trinajstić information content (AvgIpc) is 2.83. The van der Waals surface area contributed by atoms with Crippen molar-refractivity contribution in [1.29, 1.82) is 0 Å². The van der Waals surface area contributed by atoms with Crippen LogP contribution in [0.4, 0.5) is 0 Å². The number of ether oxygens (including phenoxy) is 1. The lowest BCUT2D eigenvalue weighted by Crippen LogP contribution is -2.32. The number of halogens is 2. The van der Waals surface area contributed by atoms with Gasteiger partial charge in [-0.1, -0.05) is 29.3 Å².